The highest BCUT2D eigenvalue weighted by atomic mass is 16.6. The fourth-order valence-electron chi connectivity index (χ4n) is 2.98. The van der Waals surface area contributed by atoms with E-state index in [1.807, 2.05) is 29.2 Å². The molecule has 6 heteroatoms. The topological polar surface area (TPSA) is 65.8 Å². The van der Waals surface area contributed by atoms with Gasteiger partial charge in [0, 0.05) is 31.9 Å². The van der Waals surface area contributed by atoms with Crippen LogP contribution >= 0.6 is 0 Å². The van der Waals surface area contributed by atoms with Gasteiger partial charge < -0.3 is 19.3 Å². The molecule has 1 aromatic rings. The van der Waals surface area contributed by atoms with Gasteiger partial charge in [0.15, 0.2) is 6.10 Å². The lowest BCUT2D eigenvalue weighted by atomic mass is 10.2. The van der Waals surface area contributed by atoms with Crippen LogP contribution in [-0.2, 0) is 14.3 Å². The van der Waals surface area contributed by atoms with Crippen LogP contribution in [0.3, 0.4) is 0 Å². The molecule has 6 nitrogen and oxygen atoms in total. The Labute approximate surface area is 136 Å². The fraction of sp³-hybridized carbons (Fsp3) is 0.529. The van der Waals surface area contributed by atoms with Gasteiger partial charge in [0.1, 0.15) is 0 Å². The van der Waals surface area contributed by atoms with Gasteiger partial charge in [-0.1, -0.05) is 0 Å². The number of benzene rings is 1. The monoisotopic (exact) mass is 315 g/mol. The number of rotatable bonds is 2. The van der Waals surface area contributed by atoms with E-state index >= 15 is 0 Å². The Morgan fingerprint density at radius 3 is 2.65 bits per heavy atom. The minimum atomic E-state index is -0.454. The first-order chi connectivity index (χ1) is 11.3. The third-order valence-corrected chi connectivity index (χ3v) is 4.26. The van der Waals surface area contributed by atoms with Gasteiger partial charge in [-0.2, -0.15) is 5.26 Å². The van der Waals surface area contributed by atoms with Crippen molar-refractivity contribution in [2.45, 2.75) is 12.5 Å². The molecule has 0 bridgehead atoms. The maximum Gasteiger partial charge on any atom is 0.254 e. The fourth-order valence-corrected chi connectivity index (χ4v) is 2.98. The van der Waals surface area contributed by atoms with Crippen molar-refractivity contribution in [2.75, 3.05) is 50.9 Å². The van der Waals surface area contributed by atoms with Gasteiger partial charge in [-0.25, -0.2) is 0 Å². The summed E-state index contributed by atoms with van der Waals surface area (Å²) in [5.41, 5.74) is 1.75. The molecule has 2 aliphatic heterocycles. The van der Waals surface area contributed by atoms with Crippen molar-refractivity contribution in [2.24, 2.45) is 0 Å². The predicted octanol–water partition coefficient (Wildman–Crippen LogP) is 1.01. The number of nitriles is 1. The first-order valence-corrected chi connectivity index (χ1v) is 8.01. The quantitative estimate of drug-likeness (QED) is 0.815. The van der Waals surface area contributed by atoms with Gasteiger partial charge in [0.25, 0.3) is 5.91 Å². The summed E-state index contributed by atoms with van der Waals surface area (Å²) >= 11 is 0. The molecular weight excluding hydrogens is 294 g/mol. The molecule has 0 aliphatic carbocycles. The molecule has 0 unspecified atom stereocenters. The van der Waals surface area contributed by atoms with E-state index < -0.39 is 6.10 Å². The van der Waals surface area contributed by atoms with E-state index in [0.717, 1.165) is 31.7 Å². The minimum Gasteiger partial charge on any atom is -0.376 e. The molecule has 1 amide bonds. The molecule has 23 heavy (non-hydrogen) atoms. The van der Waals surface area contributed by atoms with Crippen LogP contribution in [0.2, 0.25) is 0 Å². The van der Waals surface area contributed by atoms with Crippen molar-refractivity contribution in [3.05, 3.63) is 29.8 Å². The summed E-state index contributed by atoms with van der Waals surface area (Å²) in [6, 6.07) is 9.72. The summed E-state index contributed by atoms with van der Waals surface area (Å²) in [4.78, 5) is 16.6. The third kappa shape index (κ3) is 3.81. The SMILES string of the molecule is N#Cc1ccc(N2CCCN(C(=O)[C@H]3COCCO3)CC2)cc1. The number of hydrogen-bond acceptors (Lipinski definition) is 5. The summed E-state index contributed by atoms with van der Waals surface area (Å²) in [5.74, 6) is 0.0337. The highest BCUT2D eigenvalue weighted by molar-refractivity contribution is 5.81. The molecule has 2 heterocycles. The second kappa shape index (κ2) is 7.44. The largest absolute Gasteiger partial charge is 0.376 e. The van der Waals surface area contributed by atoms with Gasteiger partial charge in [-0.3, -0.25) is 4.79 Å². The standard InChI is InChI=1S/C17H21N3O3/c18-12-14-2-4-15(5-3-14)19-6-1-7-20(9-8-19)17(21)16-13-22-10-11-23-16/h2-5,16H,1,6-11,13H2/t16-/m1/s1. The summed E-state index contributed by atoms with van der Waals surface area (Å²) in [7, 11) is 0. The van der Waals surface area contributed by atoms with Crippen molar-refractivity contribution in [3.8, 4) is 6.07 Å². The maximum atomic E-state index is 12.5. The van der Waals surface area contributed by atoms with Crippen molar-refractivity contribution < 1.29 is 14.3 Å². The number of hydrogen-bond donors (Lipinski definition) is 0. The minimum absolute atomic E-state index is 0.0337. The summed E-state index contributed by atoms with van der Waals surface area (Å²) in [5, 5.41) is 8.87. The van der Waals surface area contributed by atoms with E-state index in [4.69, 9.17) is 14.7 Å². The molecule has 3 rings (SSSR count). The molecule has 1 aromatic carbocycles. The Hall–Kier alpha value is -2.10. The highest BCUT2D eigenvalue weighted by Crippen LogP contribution is 2.18. The zero-order chi connectivity index (χ0) is 16.1. The molecule has 1 atom stereocenters. The zero-order valence-corrected chi connectivity index (χ0v) is 13.1. The zero-order valence-electron chi connectivity index (χ0n) is 13.1. The Morgan fingerprint density at radius 2 is 1.96 bits per heavy atom. The first kappa shape index (κ1) is 15.8. The molecule has 0 spiro atoms. The van der Waals surface area contributed by atoms with Crippen LogP contribution in [0.5, 0.6) is 0 Å². The number of carbonyl (C=O) groups excluding carboxylic acids is 1. The van der Waals surface area contributed by atoms with Gasteiger partial charge in [-0.05, 0) is 30.7 Å². The number of amides is 1. The van der Waals surface area contributed by atoms with Crippen LogP contribution in [0.1, 0.15) is 12.0 Å². The molecule has 2 aliphatic rings. The van der Waals surface area contributed by atoms with Crippen molar-refractivity contribution in [3.63, 3.8) is 0 Å². The first-order valence-electron chi connectivity index (χ1n) is 8.01. The lowest BCUT2D eigenvalue weighted by Gasteiger charge is -2.28. The van der Waals surface area contributed by atoms with Crippen molar-refractivity contribution in [1.82, 2.24) is 4.90 Å². The summed E-state index contributed by atoms with van der Waals surface area (Å²) in [6.45, 7) is 4.51. The predicted molar refractivity (Wildman–Crippen MR) is 85.1 cm³/mol. The van der Waals surface area contributed by atoms with Crippen molar-refractivity contribution >= 4 is 11.6 Å². The van der Waals surface area contributed by atoms with E-state index in [9.17, 15) is 4.79 Å². The maximum absolute atomic E-state index is 12.5. The number of ether oxygens (including phenoxy) is 2. The number of nitrogens with zero attached hydrogens (tertiary/aromatic N) is 3. The van der Waals surface area contributed by atoms with Crippen LogP contribution < -0.4 is 4.90 Å². The molecule has 0 N–H and O–H groups in total. The Balaban J connectivity index is 1.60. The Bertz CT molecular complexity index is 576. The van der Waals surface area contributed by atoms with E-state index in [0.29, 0.717) is 31.9 Å². The smallest absolute Gasteiger partial charge is 0.254 e. The van der Waals surface area contributed by atoms with E-state index in [-0.39, 0.29) is 5.91 Å². The average Bonchev–Trinajstić information content (AvgIpc) is 2.88. The second-order valence-electron chi connectivity index (χ2n) is 5.76. The molecule has 122 valence electrons. The van der Waals surface area contributed by atoms with Crippen LogP contribution in [-0.4, -0.2) is 62.9 Å². The average molecular weight is 315 g/mol. The number of carbonyl (C=O) groups is 1. The van der Waals surface area contributed by atoms with Crippen LogP contribution in [0, 0.1) is 11.3 Å². The Morgan fingerprint density at radius 1 is 1.13 bits per heavy atom. The lowest BCUT2D eigenvalue weighted by molar-refractivity contribution is -0.157. The lowest BCUT2D eigenvalue weighted by Crippen LogP contribution is -2.46. The summed E-state index contributed by atoms with van der Waals surface area (Å²) in [6.07, 6.45) is 0.462. The highest BCUT2D eigenvalue weighted by Gasteiger charge is 2.28. The Kier molecular flexibility index (Phi) is 5.11. The molecule has 0 radical (unpaired) electrons. The summed E-state index contributed by atoms with van der Waals surface area (Å²) < 4.78 is 10.8. The van der Waals surface area contributed by atoms with E-state index in [2.05, 4.69) is 11.0 Å². The van der Waals surface area contributed by atoms with Crippen LogP contribution in [0.25, 0.3) is 0 Å². The molecular formula is C17H21N3O3. The third-order valence-electron chi connectivity index (χ3n) is 4.26. The van der Waals surface area contributed by atoms with E-state index in [1.54, 1.807) is 0 Å². The van der Waals surface area contributed by atoms with Gasteiger partial charge in [0.2, 0.25) is 0 Å². The van der Waals surface area contributed by atoms with Crippen molar-refractivity contribution in [1.29, 1.82) is 5.26 Å². The molecule has 0 saturated carbocycles. The normalized spacial score (nSPS) is 22.3. The molecule has 2 saturated heterocycles. The van der Waals surface area contributed by atoms with E-state index in [1.165, 1.54) is 0 Å². The molecule has 0 aromatic heterocycles. The van der Waals surface area contributed by atoms with Crippen LogP contribution in [0.4, 0.5) is 5.69 Å². The van der Waals surface area contributed by atoms with Crippen LogP contribution in [0.15, 0.2) is 24.3 Å². The second-order valence-corrected chi connectivity index (χ2v) is 5.76. The van der Waals surface area contributed by atoms with Gasteiger partial charge in [0.05, 0.1) is 31.5 Å². The number of anilines is 1. The molecule has 2 fully saturated rings. The van der Waals surface area contributed by atoms with Gasteiger partial charge >= 0.3 is 0 Å². The van der Waals surface area contributed by atoms with Gasteiger partial charge in [-0.15, -0.1) is 0 Å².